The second-order valence-electron chi connectivity index (χ2n) is 12.0. The zero-order valence-corrected chi connectivity index (χ0v) is 19.8. The molecule has 0 spiro atoms. The highest BCUT2D eigenvalue weighted by Gasteiger charge is 2.59. The quantitative estimate of drug-likeness (QED) is 0.447. The summed E-state index contributed by atoms with van der Waals surface area (Å²) in [6.07, 6.45) is 17.2. The average molecular weight is 397 g/mol. The molecule has 0 amide bonds. The summed E-state index contributed by atoms with van der Waals surface area (Å²) in [5.41, 5.74) is 2.34. The third kappa shape index (κ3) is 3.49. The van der Waals surface area contributed by atoms with Crippen LogP contribution in [0.4, 0.5) is 0 Å². The number of allylic oxidation sites excluding steroid dienone is 3. The van der Waals surface area contributed by atoms with Crippen LogP contribution in [-0.2, 0) is 4.79 Å². The molecule has 0 heterocycles. The van der Waals surface area contributed by atoms with Crippen LogP contribution in [0, 0.1) is 52.3 Å². The maximum Gasteiger partial charge on any atom is 0.155 e. The Balaban J connectivity index is 1.53. The van der Waals surface area contributed by atoms with Crippen molar-refractivity contribution in [2.75, 3.05) is 0 Å². The van der Waals surface area contributed by atoms with Gasteiger partial charge in [0.05, 0.1) is 0 Å². The van der Waals surface area contributed by atoms with Crippen LogP contribution in [-0.4, -0.2) is 5.78 Å². The molecule has 29 heavy (non-hydrogen) atoms. The second-order valence-corrected chi connectivity index (χ2v) is 12.0. The van der Waals surface area contributed by atoms with Crippen molar-refractivity contribution in [2.45, 2.75) is 92.9 Å². The molecule has 3 fully saturated rings. The summed E-state index contributed by atoms with van der Waals surface area (Å²) in [7, 11) is 0. The van der Waals surface area contributed by atoms with E-state index in [2.05, 4.69) is 53.7 Å². The third-order valence-corrected chi connectivity index (χ3v) is 10.4. The van der Waals surface area contributed by atoms with E-state index in [1.54, 1.807) is 0 Å². The first kappa shape index (κ1) is 21.4. The van der Waals surface area contributed by atoms with Gasteiger partial charge in [-0.25, -0.2) is 0 Å². The minimum absolute atomic E-state index is 0.314. The van der Waals surface area contributed by atoms with Gasteiger partial charge in [0.2, 0.25) is 0 Å². The lowest BCUT2D eigenvalue weighted by atomic mass is 9.46. The Morgan fingerprint density at radius 3 is 2.41 bits per heavy atom. The SMILES string of the molecule is CC(C)[C@@H](C)/C=C/[C@@H](C)[C@@H]1CC[C@@H]2[C@@H]3CCC4=CC(=O)CC[C@@]4(C)[C@H]3CC[C@]21C. The van der Waals surface area contributed by atoms with Crippen molar-refractivity contribution in [1.82, 2.24) is 0 Å². The lowest BCUT2D eigenvalue weighted by Crippen LogP contribution is -2.50. The Hall–Kier alpha value is -0.850. The normalized spacial score (nSPS) is 44.2. The van der Waals surface area contributed by atoms with E-state index in [-0.39, 0.29) is 0 Å². The molecule has 0 aromatic rings. The Morgan fingerprint density at radius 1 is 0.931 bits per heavy atom. The summed E-state index contributed by atoms with van der Waals surface area (Å²) < 4.78 is 0. The molecular formula is C28H44O. The van der Waals surface area contributed by atoms with Crippen molar-refractivity contribution < 1.29 is 4.79 Å². The van der Waals surface area contributed by atoms with E-state index in [9.17, 15) is 4.79 Å². The molecule has 0 bridgehead atoms. The first-order valence-electron chi connectivity index (χ1n) is 12.6. The molecule has 0 N–H and O–H groups in total. The van der Waals surface area contributed by atoms with Crippen LogP contribution in [0.15, 0.2) is 23.8 Å². The first-order valence-corrected chi connectivity index (χ1v) is 12.6. The van der Waals surface area contributed by atoms with Gasteiger partial charge in [0.15, 0.2) is 5.78 Å². The van der Waals surface area contributed by atoms with E-state index in [1.165, 1.54) is 44.1 Å². The fourth-order valence-electron chi connectivity index (χ4n) is 8.17. The highest BCUT2D eigenvalue weighted by atomic mass is 16.1. The molecule has 4 aliphatic rings. The van der Waals surface area contributed by atoms with Crippen LogP contribution >= 0.6 is 0 Å². The number of hydrogen-bond donors (Lipinski definition) is 0. The summed E-state index contributed by atoms with van der Waals surface area (Å²) in [4.78, 5) is 12.0. The Morgan fingerprint density at radius 2 is 1.69 bits per heavy atom. The molecule has 0 radical (unpaired) electrons. The van der Waals surface area contributed by atoms with Crippen molar-refractivity contribution in [1.29, 1.82) is 0 Å². The van der Waals surface area contributed by atoms with Gasteiger partial charge in [-0.05, 0) is 103 Å². The van der Waals surface area contributed by atoms with E-state index in [0.29, 0.717) is 28.4 Å². The third-order valence-electron chi connectivity index (χ3n) is 10.4. The van der Waals surface area contributed by atoms with Gasteiger partial charge in [-0.1, -0.05) is 59.3 Å². The predicted octanol–water partition coefficient (Wildman–Crippen LogP) is 7.62. The molecule has 0 unspecified atom stereocenters. The zero-order valence-electron chi connectivity index (χ0n) is 19.8. The van der Waals surface area contributed by atoms with Crippen LogP contribution in [0.3, 0.4) is 0 Å². The van der Waals surface area contributed by atoms with Gasteiger partial charge in [0.25, 0.3) is 0 Å². The smallest absolute Gasteiger partial charge is 0.155 e. The van der Waals surface area contributed by atoms with Gasteiger partial charge in [-0.15, -0.1) is 0 Å². The molecule has 0 aromatic heterocycles. The first-order chi connectivity index (χ1) is 13.7. The summed E-state index contributed by atoms with van der Waals surface area (Å²) in [5, 5.41) is 0. The number of carbonyl (C=O) groups is 1. The molecule has 162 valence electrons. The van der Waals surface area contributed by atoms with Gasteiger partial charge in [0, 0.05) is 6.42 Å². The van der Waals surface area contributed by atoms with Crippen LogP contribution in [0.5, 0.6) is 0 Å². The van der Waals surface area contributed by atoms with Crippen LogP contribution < -0.4 is 0 Å². The van der Waals surface area contributed by atoms with Crippen molar-refractivity contribution in [3.63, 3.8) is 0 Å². The Bertz CT molecular complexity index is 699. The van der Waals surface area contributed by atoms with Crippen LogP contribution in [0.25, 0.3) is 0 Å². The van der Waals surface area contributed by atoms with Crippen molar-refractivity contribution in [3.05, 3.63) is 23.8 Å². The van der Waals surface area contributed by atoms with Gasteiger partial charge in [-0.3, -0.25) is 4.79 Å². The van der Waals surface area contributed by atoms with E-state index in [4.69, 9.17) is 0 Å². The number of hydrogen-bond acceptors (Lipinski definition) is 1. The topological polar surface area (TPSA) is 17.1 Å². The Kier molecular flexibility index (Phi) is 5.67. The molecule has 0 aromatic carbocycles. The number of fused-ring (bicyclic) bond motifs is 5. The fourth-order valence-corrected chi connectivity index (χ4v) is 8.17. The second kappa shape index (κ2) is 7.69. The zero-order chi connectivity index (χ0) is 21.0. The predicted molar refractivity (Wildman–Crippen MR) is 123 cm³/mol. The minimum Gasteiger partial charge on any atom is -0.295 e. The van der Waals surface area contributed by atoms with E-state index in [0.717, 1.165) is 42.4 Å². The summed E-state index contributed by atoms with van der Waals surface area (Å²) in [6, 6.07) is 0. The molecule has 3 saturated carbocycles. The molecule has 1 heteroatoms. The van der Waals surface area contributed by atoms with Gasteiger partial charge in [0.1, 0.15) is 0 Å². The summed E-state index contributed by atoms with van der Waals surface area (Å²) in [5.74, 6) is 5.95. The number of rotatable bonds is 4. The molecule has 0 aliphatic heterocycles. The van der Waals surface area contributed by atoms with E-state index >= 15 is 0 Å². The van der Waals surface area contributed by atoms with Crippen molar-refractivity contribution in [3.8, 4) is 0 Å². The molecule has 0 saturated heterocycles. The molecular weight excluding hydrogens is 352 g/mol. The standard InChI is InChI=1S/C28H44O/c1-18(2)19(3)7-8-20(4)24-11-12-25-23-10-9-21-17-22(29)13-15-27(21,5)26(23)14-16-28(24,25)6/h7-8,17-20,23-26H,9-16H2,1-6H3/b8-7+/t19-,20+,23-,24-,25+,26-,27+,28-/m0/s1. The van der Waals surface area contributed by atoms with Gasteiger partial charge >= 0.3 is 0 Å². The summed E-state index contributed by atoms with van der Waals surface area (Å²) >= 11 is 0. The lowest BCUT2D eigenvalue weighted by molar-refractivity contribution is -0.117. The van der Waals surface area contributed by atoms with E-state index in [1.807, 2.05) is 6.08 Å². The molecule has 1 nitrogen and oxygen atoms in total. The largest absolute Gasteiger partial charge is 0.295 e. The molecule has 4 aliphatic carbocycles. The minimum atomic E-state index is 0.314. The van der Waals surface area contributed by atoms with Crippen LogP contribution in [0.2, 0.25) is 0 Å². The highest BCUT2D eigenvalue weighted by molar-refractivity contribution is 5.91. The maximum absolute atomic E-state index is 12.0. The fraction of sp³-hybridized carbons (Fsp3) is 0.821. The lowest BCUT2D eigenvalue weighted by Gasteiger charge is -2.58. The van der Waals surface area contributed by atoms with Crippen LogP contribution in [0.1, 0.15) is 92.9 Å². The van der Waals surface area contributed by atoms with E-state index < -0.39 is 0 Å². The highest BCUT2D eigenvalue weighted by Crippen LogP contribution is 2.67. The Labute approximate surface area is 179 Å². The molecule has 8 atom stereocenters. The average Bonchev–Trinajstić information content (AvgIpc) is 3.03. The monoisotopic (exact) mass is 396 g/mol. The van der Waals surface area contributed by atoms with Crippen molar-refractivity contribution >= 4 is 5.78 Å². The number of ketones is 1. The van der Waals surface area contributed by atoms with Gasteiger partial charge in [-0.2, -0.15) is 0 Å². The number of carbonyl (C=O) groups excluding carboxylic acids is 1. The summed E-state index contributed by atoms with van der Waals surface area (Å²) in [6.45, 7) is 14.7. The maximum atomic E-state index is 12.0. The van der Waals surface area contributed by atoms with Gasteiger partial charge < -0.3 is 0 Å². The van der Waals surface area contributed by atoms with Crippen molar-refractivity contribution in [2.24, 2.45) is 52.3 Å². The molecule has 4 rings (SSSR count).